The van der Waals surface area contributed by atoms with Gasteiger partial charge in [-0.1, -0.05) is 12.1 Å². The van der Waals surface area contributed by atoms with E-state index in [-0.39, 0.29) is 5.82 Å². The van der Waals surface area contributed by atoms with Crippen LogP contribution in [0.5, 0.6) is 0 Å². The van der Waals surface area contributed by atoms with E-state index in [1.54, 1.807) is 31.3 Å². The molecule has 2 aromatic rings. The number of aromatic nitrogens is 2. The van der Waals surface area contributed by atoms with E-state index in [9.17, 15) is 4.39 Å². The standard InChI is InChI=1S/C14H17FN4/c1-10-18-9-13(17-8-4-7-16)14(19-10)11-5-2-3-6-12(11)15/h2-3,5-6,9,17H,4,7-8,16H2,1H3. The maximum Gasteiger partial charge on any atom is 0.132 e. The van der Waals surface area contributed by atoms with Crippen molar-refractivity contribution in [1.29, 1.82) is 0 Å². The van der Waals surface area contributed by atoms with Crippen LogP contribution in [0.3, 0.4) is 0 Å². The summed E-state index contributed by atoms with van der Waals surface area (Å²) in [6, 6.07) is 6.59. The van der Waals surface area contributed by atoms with E-state index in [1.807, 2.05) is 0 Å². The first-order chi connectivity index (χ1) is 9.22. The van der Waals surface area contributed by atoms with Gasteiger partial charge >= 0.3 is 0 Å². The first-order valence-corrected chi connectivity index (χ1v) is 6.25. The maximum absolute atomic E-state index is 13.9. The Morgan fingerprint density at radius 1 is 1.32 bits per heavy atom. The van der Waals surface area contributed by atoms with E-state index < -0.39 is 0 Å². The molecule has 19 heavy (non-hydrogen) atoms. The third-order valence-electron chi connectivity index (χ3n) is 2.73. The summed E-state index contributed by atoms with van der Waals surface area (Å²) >= 11 is 0. The number of rotatable bonds is 5. The van der Waals surface area contributed by atoms with Crippen LogP contribution in [0.2, 0.25) is 0 Å². The van der Waals surface area contributed by atoms with Crippen molar-refractivity contribution in [3.05, 3.63) is 42.1 Å². The fourth-order valence-corrected chi connectivity index (χ4v) is 1.78. The highest BCUT2D eigenvalue weighted by molar-refractivity contribution is 5.73. The van der Waals surface area contributed by atoms with Gasteiger partial charge in [-0.25, -0.2) is 14.4 Å². The summed E-state index contributed by atoms with van der Waals surface area (Å²) in [4.78, 5) is 8.48. The molecule has 0 unspecified atom stereocenters. The second-order valence-corrected chi connectivity index (χ2v) is 4.23. The Kier molecular flexibility index (Phi) is 4.41. The second-order valence-electron chi connectivity index (χ2n) is 4.23. The SMILES string of the molecule is Cc1ncc(NCCCN)c(-c2ccccc2F)n1. The van der Waals surface area contributed by atoms with Crippen molar-refractivity contribution in [3.8, 4) is 11.3 Å². The Hall–Kier alpha value is -2.01. The van der Waals surface area contributed by atoms with E-state index in [2.05, 4.69) is 15.3 Å². The molecule has 0 fully saturated rings. The Balaban J connectivity index is 2.37. The van der Waals surface area contributed by atoms with Crippen LogP contribution in [0.25, 0.3) is 11.3 Å². The average Bonchev–Trinajstić information content (AvgIpc) is 2.41. The number of hydrogen-bond acceptors (Lipinski definition) is 4. The van der Waals surface area contributed by atoms with Gasteiger partial charge in [0.1, 0.15) is 17.3 Å². The van der Waals surface area contributed by atoms with Gasteiger partial charge in [-0.05, 0) is 32.0 Å². The summed E-state index contributed by atoms with van der Waals surface area (Å²) < 4.78 is 13.9. The van der Waals surface area contributed by atoms with Gasteiger partial charge in [0.05, 0.1) is 11.9 Å². The summed E-state index contributed by atoms with van der Waals surface area (Å²) in [7, 11) is 0. The Bertz CT molecular complexity index is 557. The molecule has 100 valence electrons. The lowest BCUT2D eigenvalue weighted by molar-refractivity contribution is 0.630. The largest absolute Gasteiger partial charge is 0.382 e. The molecule has 0 aliphatic carbocycles. The van der Waals surface area contributed by atoms with E-state index in [0.717, 1.165) is 12.1 Å². The molecular formula is C14H17FN4. The molecule has 3 N–H and O–H groups in total. The first kappa shape index (κ1) is 13.4. The van der Waals surface area contributed by atoms with Gasteiger partial charge in [-0.2, -0.15) is 0 Å². The summed E-state index contributed by atoms with van der Waals surface area (Å²) in [5, 5.41) is 3.20. The molecule has 0 spiro atoms. The highest BCUT2D eigenvalue weighted by Gasteiger charge is 2.11. The van der Waals surface area contributed by atoms with Crippen LogP contribution in [-0.2, 0) is 0 Å². The van der Waals surface area contributed by atoms with E-state index in [1.165, 1.54) is 6.07 Å². The van der Waals surface area contributed by atoms with Crippen molar-refractivity contribution in [2.75, 3.05) is 18.4 Å². The molecule has 0 radical (unpaired) electrons. The van der Waals surface area contributed by atoms with E-state index in [0.29, 0.717) is 30.2 Å². The molecule has 1 aromatic carbocycles. The highest BCUT2D eigenvalue weighted by Crippen LogP contribution is 2.27. The number of nitrogens with two attached hydrogens (primary N) is 1. The zero-order valence-corrected chi connectivity index (χ0v) is 10.9. The van der Waals surface area contributed by atoms with Gasteiger partial charge in [0.15, 0.2) is 0 Å². The average molecular weight is 260 g/mol. The fraction of sp³-hybridized carbons (Fsp3) is 0.286. The van der Waals surface area contributed by atoms with Crippen LogP contribution in [0.1, 0.15) is 12.2 Å². The predicted octanol–water partition coefficient (Wildman–Crippen LogP) is 2.35. The van der Waals surface area contributed by atoms with Crippen molar-refractivity contribution < 1.29 is 4.39 Å². The van der Waals surface area contributed by atoms with Crippen LogP contribution in [0.4, 0.5) is 10.1 Å². The molecule has 0 atom stereocenters. The third kappa shape index (κ3) is 3.26. The molecule has 4 nitrogen and oxygen atoms in total. The van der Waals surface area contributed by atoms with Crippen molar-refractivity contribution in [1.82, 2.24) is 9.97 Å². The van der Waals surface area contributed by atoms with Crippen LogP contribution in [0, 0.1) is 12.7 Å². The third-order valence-corrected chi connectivity index (χ3v) is 2.73. The number of aryl methyl sites for hydroxylation is 1. The normalized spacial score (nSPS) is 10.5. The van der Waals surface area contributed by atoms with Crippen molar-refractivity contribution in [2.24, 2.45) is 5.73 Å². The molecule has 0 aliphatic rings. The molecule has 0 saturated carbocycles. The molecule has 0 bridgehead atoms. The van der Waals surface area contributed by atoms with Gasteiger partial charge in [-0.3, -0.25) is 0 Å². The first-order valence-electron chi connectivity index (χ1n) is 6.25. The summed E-state index contributed by atoms with van der Waals surface area (Å²) in [6.45, 7) is 3.10. The van der Waals surface area contributed by atoms with Gasteiger partial charge in [0.25, 0.3) is 0 Å². The van der Waals surface area contributed by atoms with Crippen molar-refractivity contribution >= 4 is 5.69 Å². The van der Waals surface area contributed by atoms with Gasteiger partial charge < -0.3 is 11.1 Å². The zero-order valence-electron chi connectivity index (χ0n) is 10.9. The van der Waals surface area contributed by atoms with Crippen LogP contribution >= 0.6 is 0 Å². The maximum atomic E-state index is 13.9. The lowest BCUT2D eigenvalue weighted by atomic mass is 10.1. The predicted molar refractivity (Wildman–Crippen MR) is 74.3 cm³/mol. The lowest BCUT2D eigenvalue weighted by Gasteiger charge is -2.11. The van der Waals surface area contributed by atoms with Crippen LogP contribution in [0.15, 0.2) is 30.5 Å². The number of benzene rings is 1. The zero-order chi connectivity index (χ0) is 13.7. The quantitative estimate of drug-likeness (QED) is 0.810. The molecule has 1 aromatic heterocycles. The molecule has 2 rings (SSSR count). The van der Waals surface area contributed by atoms with E-state index in [4.69, 9.17) is 5.73 Å². The smallest absolute Gasteiger partial charge is 0.132 e. The lowest BCUT2D eigenvalue weighted by Crippen LogP contribution is -2.10. The van der Waals surface area contributed by atoms with Gasteiger partial charge in [0.2, 0.25) is 0 Å². The summed E-state index contributed by atoms with van der Waals surface area (Å²) in [5.74, 6) is 0.324. The topological polar surface area (TPSA) is 63.8 Å². The Labute approximate surface area is 111 Å². The molecule has 0 aliphatic heterocycles. The highest BCUT2D eigenvalue weighted by atomic mass is 19.1. The number of anilines is 1. The molecular weight excluding hydrogens is 243 g/mol. The van der Waals surface area contributed by atoms with Crippen LogP contribution < -0.4 is 11.1 Å². The monoisotopic (exact) mass is 260 g/mol. The van der Waals surface area contributed by atoms with Crippen molar-refractivity contribution in [3.63, 3.8) is 0 Å². The molecule has 0 saturated heterocycles. The van der Waals surface area contributed by atoms with Gasteiger partial charge in [0, 0.05) is 12.1 Å². The molecule has 0 amide bonds. The van der Waals surface area contributed by atoms with E-state index >= 15 is 0 Å². The summed E-state index contributed by atoms with van der Waals surface area (Å²) in [5.41, 5.74) is 7.25. The minimum absolute atomic E-state index is 0.289. The minimum atomic E-state index is -0.289. The minimum Gasteiger partial charge on any atom is -0.382 e. The van der Waals surface area contributed by atoms with Crippen LogP contribution in [-0.4, -0.2) is 23.1 Å². The number of halogens is 1. The molecule has 1 heterocycles. The van der Waals surface area contributed by atoms with Gasteiger partial charge in [-0.15, -0.1) is 0 Å². The Morgan fingerprint density at radius 2 is 2.11 bits per heavy atom. The summed E-state index contributed by atoms with van der Waals surface area (Å²) in [6.07, 6.45) is 2.52. The second kappa shape index (κ2) is 6.24. The molecule has 5 heteroatoms. The number of hydrogen-bond donors (Lipinski definition) is 2. The van der Waals surface area contributed by atoms with Crippen molar-refractivity contribution in [2.45, 2.75) is 13.3 Å². The number of nitrogens with zero attached hydrogens (tertiary/aromatic N) is 2. The Morgan fingerprint density at radius 3 is 2.84 bits per heavy atom. The number of nitrogens with one attached hydrogen (secondary N) is 1. The fourth-order valence-electron chi connectivity index (χ4n) is 1.78.